The highest BCUT2D eigenvalue weighted by molar-refractivity contribution is 5.85. The van der Waals surface area contributed by atoms with E-state index in [-0.39, 0.29) is 12.4 Å². The molecule has 3 aromatic carbocycles. The number of hydrogen-bond acceptors (Lipinski definition) is 4. The molecule has 0 aliphatic heterocycles. The minimum Gasteiger partial charge on any atom is -0.497 e. The molecule has 0 bridgehead atoms. The summed E-state index contributed by atoms with van der Waals surface area (Å²) < 4.78 is 16.7. The van der Waals surface area contributed by atoms with Gasteiger partial charge >= 0.3 is 0 Å². The fraction of sp³-hybridized carbons (Fsp3) is 0.250. The summed E-state index contributed by atoms with van der Waals surface area (Å²) in [5, 5.41) is 3.45. The number of nitrogens with one attached hydrogen (secondary N) is 1. The van der Waals surface area contributed by atoms with Gasteiger partial charge < -0.3 is 19.5 Å². The molecule has 0 saturated carbocycles. The van der Waals surface area contributed by atoms with Crippen LogP contribution in [0.4, 0.5) is 0 Å². The number of halogens is 1. The van der Waals surface area contributed by atoms with Crippen molar-refractivity contribution in [1.29, 1.82) is 0 Å². The quantitative estimate of drug-likeness (QED) is 0.516. The largest absolute Gasteiger partial charge is 0.497 e. The highest BCUT2D eigenvalue weighted by atomic mass is 35.5. The van der Waals surface area contributed by atoms with Crippen molar-refractivity contribution in [2.75, 3.05) is 14.2 Å². The van der Waals surface area contributed by atoms with Gasteiger partial charge in [-0.1, -0.05) is 42.5 Å². The summed E-state index contributed by atoms with van der Waals surface area (Å²) in [6, 6.07) is 22.4. The molecule has 5 heteroatoms. The number of benzene rings is 3. The fourth-order valence-corrected chi connectivity index (χ4v) is 2.96. The Kier molecular flexibility index (Phi) is 8.84. The maximum atomic E-state index is 5.99. The lowest BCUT2D eigenvalue weighted by Crippen LogP contribution is -2.12. The Hall–Kier alpha value is -2.69. The maximum Gasteiger partial charge on any atom is 0.161 e. The van der Waals surface area contributed by atoms with Crippen LogP contribution < -0.4 is 19.5 Å². The van der Waals surface area contributed by atoms with Crippen LogP contribution in [0.2, 0.25) is 0 Å². The predicted octanol–water partition coefficient (Wildman–Crippen LogP) is 5.30. The smallest absolute Gasteiger partial charge is 0.161 e. The minimum absolute atomic E-state index is 0. The maximum absolute atomic E-state index is 5.99. The standard InChI is InChI=1S/C24H27NO3.ClH/c1-18-6-4-5-7-21(18)17-28-23-13-10-20(14-24(23)27-3)16-25-15-19-8-11-22(26-2)12-9-19;/h4-14,25H,15-17H2,1-3H3;1H. The number of aryl methyl sites for hydroxylation is 1. The zero-order valence-electron chi connectivity index (χ0n) is 17.1. The van der Waals surface area contributed by atoms with Crippen molar-refractivity contribution in [2.45, 2.75) is 26.6 Å². The van der Waals surface area contributed by atoms with Gasteiger partial charge in [0, 0.05) is 13.1 Å². The Morgan fingerprint density at radius 3 is 2.14 bits per heavy atom. The van der Waals surface area contributed by atoms with Crippen LogP contribution in [-0.4, -0.2) is 14.2 Å². The summed E-state index contributed by atoms with van der Waals surface area (Å²) >= 11 is 0. The second-order valence-corrected chi connectivity index (χ2v) is 6.65. The molecule has 154 valence electrons. The summed E-state index contributed by atoms with van der Waals surface area (Å²) in [5.74, 6) is 2.37. The van der Waals surface area contributed by atoms with Gasteiger partial charge in [-0.3, -0.25) is 0 Å². The van der Waals surface area contributed by atoms with Crippen molar-refractivity contribution < 1.29 is 14.2 Å². The molecule has 0 heterocycles. The lowest BCUT2D eigenvalue weighted by molar-refractivity contribution is 0.283. The van der Waals surface area contributed by atoms with Gasteiger partial charge in [-0.2, -0.15) is 0 Å². The number of hydrogen-bond donors (Lipinski definition) is 1. The van der Waals surface area contributed by atoms with E-state index in [0.717, 1.165) is 35.9 Å². The molecule has 0 spiro atoms. The second-order valence-electron chi connectivity index (χ2n) is 6.65. The van der Waals surface area contributed by atoms with Gasteiger partial charge in [-0.15, -0.1) is 12.4 Å². The molecule has 0 amide bonds. The normalized spacial score (nSPS) is 10.2. The van der Waals surface area contributed by atoms with Crippen molar-refractivity contribution in [1.82, 2.24) is 5.32 Å². The zero-order valence-corrected chi connectivity index (χ0v) is 17.9. The highest BCUT2D eigenvalue weighted by Gasteiger charge is 2.07. The van der Waals surface area contributed by atoms with Crippen molar-refractivity contribution in [3.05, 3.63) is 89.0 Å². The van der Waals surface area contributed by atoms with Gasteiger partial charge in [0.1, 0.15) is 12.4 Å². The van der Waals surface area contributed by atoms with E-state index >= 15 is 0 Å². The van der Waals surface area contributed by atoms with Crippen LogP contribution in [0.1, 0.15) is 22.3 Å². The van der Waals surface area contributed by atoms with Gasteiger partial charge in [0.15, 0.2) is 11.5 Å². The summed E-state index contributed by atoms with van der Waals surface area (Å²) in [6.45, 7) is 4.16. The van der Waals surface area contributed by atoms with Gasteiger partial charge in [0.25, 0.3) is 0 Å². The molecule has 0 saturated heterocycles. The minimum atomic E-state index is 0. The predicted molar refractivity (Wildman–Crippen MR) is 119 cm³/mol. The third-order valence-electron chi connectivity index (χ3n) is 4.69. The van der Waals surface area contributed by atoms with Crippen LogP contribution >= 0.6 is 12.4 Å². The van der Waals surface area contributed by atoms with Gasteiger partial charge in [-0.25, -0.2) is 0 Å². The molecular weight excluding hydrogens is 386 g/mol. The average molecular weight is 414 g/mol. The van der Waals surface area contributed by atoms with E-state index < -0.39 is 0 Å². The molecule has 3 aromatic rings. The zero-order chi connectivity index (χ0) is 19.8. The van der Waals surface area contributed by atoms with E-state index in [4.69, 9.17) is 14.2 Å². The highest BCUT2D eigenvalue weighted by Crippen LogP contribution is 2.29. The van der Waals surface area contributed by atoms with Crippen molar-refractivity contribution in [3.63, 3.8) is 0 Å². The molecule has 0 atom stereocenters. The molecule has 0 fully saturated rings. The first-order valence-electron chi connectivity index (χ1n) is 9.37. The van der Waals surface area contributed by atoms with Crippen molar-refractivity contribution >= 4 is 12.4 Å². The topological polar surface area (TPSA) is 39.7 Å². The molecular formula is C24H28ClNO3. The monoisotopic (exact) mass is 413 g/mol. The van der Waals surface area contributed by atoms with Gasteiger partial charge in [0.2, 0.25) is 0 Å². The van der Waals surface area contributed by atoms with Crippen LogP contribution in [0.15, 0.2) is 66.7 Å². The number of methoxy groups -OCH3 is 2. The van der Waals surface area contributed by atoms with Crippen LogP contribution in [0.3, 0.4) is 0 Å². The van der Waals surface area contributed by atoms with Crippen LogP contribution in [0.5, 0.6) is 17.2 Å². The average Bonchev–Trinajstić information content (AvgIpc) is 2.74. The molecule has 4 nitrogen and oxygen atoms in total. The van der Waals surface area contributed by atoms with E-state index in [9.17, 15) is 0 Å². The SMILES string of the molecule is COc1ccc(CNCc2ccc(OCc3ccccc3C)c(OC)c2)cc1.Cl. The Morgan fingerprint density at radius 2 is 1.45 bits per heavy atom. The molecule has 0 unspecified atom stereocenters. The molecule has 1 N–H and O–H groups in total. The number of ether oxygens (including phenoxy) is 3. The fourth-order valence-electron chi connectivity index (χ4n) is 2.96. The first-order valence-corrected chi connectivity index (χ1v) is 9.37. The molecule has 3 rings (SSSR count). The van der Waals surface area contributed by atoms with E-state index in [1.54, 1.807) is 14.2 Å². The number of rotatable bonds is 9. The van der Waals surface area contributed by atoms with Gasteiger partial charge in [0.05, 0.1) is 14.2 Å². The van der Waals surface area contributed by atoms with Crippen LogP contribution in [-0.2, 0) is 19.7 Å². The first-order chi connectivity index (χ1) is 13.7. The summed E-state index contributed by atoms with van der Waals surface area (Å²) in [4.78, 5) is 0. The Bertz CT molecular complexity index is 897. The first kappa shape index (κ1) is 22.6. The molecule has 29 heavy (non-hydrogen) atoms. The third kappa shape index (κ3) is 6.41. The van der Waals surface area contributed by atoms with E-state index in [1.165, 1.54) is 16.7 Å². The van der Waals surface area contributed by atoms with E-state index in [0.29, 0.717) is 6.61 Å². The lowest BCUT2D eigenvalue weighted by Gasteiger charge is -2.14. The van der Waals surface area contributed by atoms with Gasteiger partial charge in [-0.05, 0) is 53.4 Å². The molecule has 0 radical (unpaired) electrons. The lowest BCUT2D eigenvalue weighted by atomic mass is 10.1. The van der Waals surface area contributed by atoms with E-state index in [1.807, 2.05) is 36.4 Å². The van der Waals surface area contributed by atoms with Crippen molar-refractivity contribution in [2.24, 2.45) is 0 Å². The van der Waals surface area contributed by atoms with Crippen LogP contribution in [0.25, 0.3) is 0 Å². The molecule has 0 aliphatic carbocycles. The Morgan fingerprint density at radius 1 is 0.759 bits per heavy atom. The van der Waals surface area contributed by atoms with E-state index in [2.05, 4.69) is 42.6 Å². The molecule has 0 aromatic heterocycles. The molecule has 0 aliphatic rings. The summed E-state index contributed by atoms with van der Waals surface area (Å²) in [5.41, 5.74) is 4.76. The summed E-state index contributed by atoms with van der Waals surface area (Å²) in [6.07, 6.45) is 0. The second kappa shape index (κ2) is 11.3. The third-order valence-corrected chi connectivity index (χ3v) is 4.69. The summed E-state index contributed by atoms with van der Waals surface area (Å²) in [7, 11) is 3.35. The van der Waals surface area contributed by atoms with Crippen molar-refractivity contribution in [3.8, 4) is 17.2 Å². The van der Waals surface area contributed by atoms with Crippen LogP contribution in [0, 0.1) is 6.92 Å². The Labute approximate surface area is 179 Å². The Balaban J connectivity index is 0.00000300.